The molecule has 1 unspecified atom stereocenters. The normalized spacial score (nSPS) is 33.2. The molecule has 1 aromatic rings. The fourth-order valence-electron chi connectivity index (χ4n) is 7.62. The lowest BCUT2D eigenvalue weighted by Crippen LogP contribution is -2.69. The van der Waals surface area contributed by atoms with Crippen LogP contribution in [0, 0.1) is 22.7 Å². The van der Waals surface area contributed by atoms with Crippen LogP contribution in [-0.2, 0) is 20.8 Å². The van der Waals surface area contributed by atoms with Crippen molar-refractivity contribution in [1.29, 1.82) is 0 Å². The van der Waals surface area contributed by atoms with Gasteiger partial charge in [0.05, 0.1) is 5.56 Å². The first-order chi connectivity index (χ1) is 17.2. The van der Waals surface area contributed by atoms with E-state index in [9.17, 15) is 34.8 Å². The lowest BCUT2D eigenvalue weighted by atomic mass is 9.43. The molecule has 7 nitrogen and oxygen atoms in total. The molecule has 4 N–H and O–H groups in total. The molecule has 37 heavy (non-hydrogen) atoms. The first kappa shape index (κ1) is 25.5. The number of phenolic OH excluding ortho intramolecular Hbond substituents is 1. The van der Waals surface area contributed by atoms with E-state index in [4.69, 9.17) is 0 Å². The van der Waals surface area contributed by atoms with Crippen LogP contribution in [0.25, 0.3) is 11.8 Å². The van der Waals surface area contributed by atoms with Crippen molar-refractivity contribution in [2.45, 2.75) is 72.3 Å². The van der Waals surface area contributed by atoms with Gasteiger partial charge in [-0.05, 0) is 62.1 Å². The second kappa shape index (κ2) is 7.90. The van der Waals surface area contributed by atoms with Gasteiger partial charge in [-0.2, -0.15) is 0 Å². The predicted molar refractivity (Wildman–Crippen MR) is 138 cm³/mol. The zero-order valence-electron chi connectivity index (χ0n) is 21.9. The fourth-order valence-corrected chi connectivity index (χ4v) is 7.62. The molecule has 7 heteroatoms. The number of hydrogen-bond donors (Lipinski definition) is 4. The SMILES string of the molecule is CC(=O)C1=C(O)[C@]2(O)C(=O)C3=C(O)c4c(O)ccc(C=C5CCC5)c4C[C@]3(C)C[C@]2(C)C(C(C)C)C1=O. The third-order valence-corrected chi connectivity index (χ3v) is 9.28. The Balaban J connectivity index is 1.81. The highest BCUT2D eigenvalue weighted by molar-refractivity contribution is 6.24. The maximum atomic E-state index is 14.3. The number of hydrogen-bond acceptors (Lipinski definition) is 7. The van der Waals surface area contributed by atoms with Crippen LogP contribution < -0.4 is 0 Å². The number of aromatic hydroxyl groups is 1. The third-order valence-electron chi connectivity index (χ3n) is 9.28. The number of aliphatic hydroxyl groups is 3. The number of allylic oxidation sites excluding steroid dienone is 2. The molecule has 4 atom stereocenters. The van der Waals surface area contributed by atoms with Gasteiger partial charge in [0.1, 0.15) is 22.8 Å². The largest absolute Gasteiger partial charge is 0.508 e. The molecule has 1 aromatic carbocycles. The lowest BCUT2D eigenvalue weighted by molar-refractivity contribution is -0.178. The van der Waals surface area contributed by atoms with Crippen molar-refractivity contribution in [3.8, 4) is 5.75 Å². The van der Waals surface area contributed by atoms with Gasteiger partial charge in [-0.3, -0.25) is 14.4 Å². The van der Waals surface area contributed by atoms with E-state index in [1.54, 1.807) is 26.8 Å². The molecule has 0 spiro atoms. The minimum absolute atomic E-state index is 0.0938. The predicted octanol–water partition coefficient (Wildman–Crippen LogP) is 4.76. The molecule has 5 rings (SSSR count). The number of ketones is 3. The minimum Gasteiger partial charge on any atom is -0.508 e. The standard InChI is InChI=1S/C30H34O7/c1-14(2)22-24(33)20(15(3)31)26(35)30(37)27(36)23-25(34)21-18(12-28(23,4)13-29(22,30)5)17(9-10-19(21)32)11-16-7-6-8-16/h9-11,14,22,32,34-35,37H,6-8,12-13H2,1-5H3/t22?,28-,29-,30+/m1/s1. The van der Waals surface area contributed by atoms with Crippen molar-refractivity contribution < 1.29 is 34.8 Å². The van der Waals surface area contributed by atoms with E-state index in [-0.39, 0.29) is 35.6 Å². The molecule has 0 aliphatic heterocycles. The van der Waals surface area contributed by atoms with Crippen molar-refractivity contribution in [2.75, 3.05) is 0 Å². The Labute approximate surface area is 216 Å². The van der Waals surface area contributed by atoms with Crippen LogP contribution in [0.1, 0.15) is 77.0 Å². The summed E-state index contributed by atoms with van der Waals surface area (Å²) in [4.78, 5) is 40.2. The minimum atomic E-state index is -2.59. The summed E-state index contributed by atoms with van der Waals surface area (Å²) in [6.45, 7) is 8.14. The highest BCUT2D eigenvalue weighted by atomic mass is 16.3. The Morgan fingerprint density at radius 3 is 2.30 bits per heavy atom. The van der Waals surface area contributed by atoms with Crippen LogP contribution in [0.5, 0.6) is 5.75 Å². The van der Waals surface area contributed by atoms with Gasteiger partial charge in [-0.1, -0.05) is 45.4 Å². The van der Waals surface area contributed by atoms with E-state index < -0.39 is 56.8 Å². The average molecular weight is 507 g/mol. The van der Waals surface area contributed by atoms with Crippen LogP contribution >= 0.6 is 0 Å². The van der Waals surface area contributed by atoms with E-state index in [0.29, 0.717) is 5.56 Å². The summed E-state index contributed by atoms with van der Waals surface area (Å²) in [6, 6.07) is 3.29. The highest BCUT2D eigenvalue weighted by Gasteiger charge is 2.72. The Kier molecular flexibility index (Phi) is 5.44. The maximum Gasteiger partial charge on any atom is 0.203 e. The van der Waals surface area contributed by atoms with E-state index in [1.807, 2.05) is 6.92 Å². The number of phenols is 1. The second-order valence-corrected chi connectivity index (χ2v) is 12.1. The molecule has 0 bridgehead atoms. The zero-order valence-corrected chi connectivity index (χ0v) is 21.9. The van der Waals surface area contributed by atoms with E-state index in [1.165, 1.54) is 11.6 Å². The topological polar surface area (TPSA) is 132 Å². The van der Waals surface area contributed by atoms with E-state index in [2.05, 4.69) is 6.08 Å². The van der Waals surface area contributed by atoms with Crippen molar-refractivity contribution in [3.63, 3.8) is 0 Å². The van der Waals surface area contributed by atoms with Crippen LogP contribution in [0.4, 0.5) is 0 Å². The molecule has 0 radical (unpaired) electrons. The Bertz CT molecular complexity index is 1370. The van der Waals surface area contributed by atoms with Crippen LogP contribution in [0.15, 0.2) is 34.6 Å². The molecule has 0 heterocycles. The smallest absolute Gasteiger partial charge is 0.203 e. The number of benzene rings is 1. The average Bonchev–Trinajstić information content (AvgIpc) is 2.74. The number of Topliss-reactive ketones (excluding diaryl/α,β-unsaturated/α-hetero) is 3. The highest BCUT2D eigenvalue weighted by Crippen LogP contribution is 2.65. The van der Waals surface area contributed by atoms with Crippen molar-refractivity contribution in [3.05, 3.63) is 51.3 Å². The van der Waals surface area contributed by atoms with Gasteiger partial charge in [-0.15, -0.1) is 0 Å². The quantitative estimate of drug-likeness (QED) is 0.435. The van der Waals surface area contributed by atoms with Crippen molar-refractivity contribution in [1.82, 2.24) is 0 Å². The van der Waals surface area contributed by atoms with E-state index >= 15 is 0 Å². The van der Waals surface area contributed by atoms with Gasteiger partial charge >= 0.3 is 0 Å². The number of rotatable bonds is 3. The summed E-state index contributed by atoms with van der Waals surface area (Å²) in [6.07, 6.45) is 5.55. The summed E-state index contributed by atoms with van der Waals surface area (Å²) < 4.78 is 0. The second-order valence-electron chi connectivity index (χ2n) is 12.1. The van der Waals surface area contributed by atoms with Gasteiger partial charge in [0.2, 0.25) is 5.78 Å². The summed E-state index contributed by atoms with van der Waals surface area (Å²) in [5.41, 5.74) is -2.72. The third kappa shape index (κ3) is 3.13. The van der Waals surface area contributed by atoms with Gasteiger partial charge < -0.3 is 20.4 Å². The molecule has 0 amide bonds. The molecule has 4 aliphatic rings. The van der Waals surface area contributed by atoms with Gasteiger partial charge in [0.15, 0.2) is 17.2 Å². The van der Waals surface area contributed by atoms with Crippen LogP contribution in [0.2, 0.25) is 0 Å². The van der Waals surface area contributed by atoms with E-state index in [0.717, 1.165) is 31.7 Å². The van der Waals surface area contributed by atoms with Gasteiger partial charge in [0.25, 0.3) is 0 Å². The molecular weight excluding hydrogens is 472 g/mol. The molecule has 2 saturated carbocycles. The summed E-state index contributed by atoms with van der Waals surface area (Å²) in [5.74, 6) is -5.09. The van der Waals surface area contributed by atoms with Crippen molar-refractivity contribution in [2.24, 2.45) is 22.7 Å². The Morgan fingerprint density at radius 1 is 1.11 bits per heavy atom. The van der Waals surface area contributed by atoms with Gasteiger partial charge in [0, 0.05) is 22.3 Å². The molecule has 0 aromatic heterocycles. The molecule has 2 fully saturated rings. The number of aliphatic hydroxyl groups excluding tert-OH is 2. The summed E-state index contributed by atoms with van der Waals surface area (Å²) in [5, 5.41) is 45.5. The molecule has 0 saturated heterocycles. The number of carbonyl (C=O) groups is 3. The monoisotopic (exact) mass is 506 g/mol. The Morgan fingerprint density at radius 2 is 1.76 bits per heavy atom. The molecular formula is C30H34O7. The van der Waals surface area contributed by atoms with Crippen molar-refractivity contribution >= 4 is 29.2 Å². The summed E-state index contributed by atoms with van der Waals surface area (Å²) >= 11 is 0. The lowest BCUT2D eigenvalue weighted by Gasteiger charge is -2.59. The number of fused-ring (bicyclic) bond motifs is 3. The van der Waals surface area contributed by atoms with Crippen LogP contribution in [-0.4, -0.2) is 43.4 Å². The first-order valence-electron chi connectivity index (χ1n) is 12.9. The van der Waals surface area contributed by atoms with Gasteiger partial charge in [-0.25, -0.2) is 0 Å². The van der Waals surface area contributed by atoms with Crippen LogP contribution in [0.3, 0.4) is 0 Å². The first-order valence-corrected chi connectivity index (χ1v) is 12.9. The summed E-state index contributed by atoms with van der Waals surface area (Å²) in [7, 11) is 0. The fraction of sp³-hybridized carbons (Fsp3) is 0.500. The molecule has 196 valence electrons. The zero-order chi connectivity index (χ0) is 27.2. The number of carbonyl (C=O) groups excluding carboxylic acids is 3. The Hall–Kier alpha value is -3.19. The maximum absolute atomic E-state index is 14.3. The molecule has 4 aliphatic carbocycles.